The van der Waals surface area contributed by atoms with Crippen LogP contribution in [0.3, 0.4) is 0 Å². The van der Waals surface area contributed by atoms with Crippen LogP contribution in [0.1, 0.15) is 31.4 Å². The van der Waals surface area contributed by atoms with Gasteiger partial charge < -0.3 is 0 Å². The van der Waals surface area contributed by atoms with Gasteiger partial charge in [-0.15, -0.1) is 6.58 Å². The third-order valence-corrected chi connectivity index (χ3v) is 3.17. The van der Waals surface area contributed by atoms with Crippen molar-refractivity contribution in [1.82, 2.24) is 9.55 Å². The van der Waals surface area contributed by atoms with Gasteiger partial charge in [-0.2, -0.15) is 0 Å². The minimum atomic E-state index is -0.0401. The van der Waals surface area contributed by atoms with Crippen LogP contribution in [0.5, 0.6) is 0 Å². The molecule has 1 unspecified atom stereocenters. The van der Waals surface area contributed by atoms with Crippen molar-refractivity contribution < 1.29 is 0 Å². The highest BCUT2D eigenvalue weighted by Crippen LogP contribution is 2.21. The van der Waals surface area contributed by atoms with Gasteiger partial charge in [0.2, 0.25) is 0 Å². The summed E-state index contributed by atoms with van der Waals surface area (Å²) in [4.78, 5) is 16.4. The molecule has 2 rings (SSSR count). The third-order valence-electron chi connectivity index (χ3n) is 3.17. The van der Waals surface area contributed by atoms with Crippen molar-refractivity contribution in [2.24, 2.45) is 0 Å². The highest BCUT2D eigenvalue weighted by atomic mass is 16.1. The first-order chi connectivity index (χ1) is 9.24. The van der Waals surface area contributed by atoms with E-state index >= 15 is 0 Å². The molecule has 0 aliphatic carbocycles. The summed E-state index contributed by atoms with van der Waals surface area (Å²) in [5.41, 5.74) is 0.953. The minimum Gasteiger partial charge on any atom is -0.269 e. The molecule has 0 aromatic carbocycles. The maximum atomic E-state index is 12.1. The number of allylic oxidation sites excluding steroid dienone is 1. The number of pyridine rings is 2. The van der Waals surface area contributed by atoms with E-state index in [4.69, 9.17) is 0 Å². The fourth-order valence-corrected chi connectivity index (χ4v) is 2.14. The molecule has 0 amide bonds. The van der Waals surface area contributed by atoms with E-state index in [1.54, 1.807) is 16.8 Å². The molecule has 0 bridgehead atoms. The van der Waals surface area contributed by atoms with Crippen LogP contribution < -0.4 is 5.56 Å². The first-order valence-electron chi connectivity index (χ1n) is 6.48. The Labute approximate surface area is 113 Å². The van der Waals surface area contributed by atoms with Gasteiger partial charge in [-0.3, -0.25) is 9.36 Å². The van der Waals surface area contributed by atoms with E-state index in [1.165, 1.54) is 0 Å². The van der Waals surface area contributed by atoms with Crippen molar-refractivity contribution in [3.05, 3.63) is 71.3 Å². The molecular weight excluding hydrogens is 236 g/mol. The van der Waals surface area contributed by atoms with Gasteiger partial charge in [0.25, 0.3) is 5.56 Å². The molecule has 0 saturated carbocycles. The molecule has 0 saturated heterocycles. The second-order valence-corrected chi connectivity index (χ2v) is 4.58. The van der Waals surface area contributed by atoms with E-state index in [-0.39, 0.29) is 11.5 Å². The first kappa shape index (κ1) is 13.3. The van der Waals surface area contributed by atoms with Gasteiger partial charge in [0.1, 0.15) is 5.82 Å². The van der Waals surface area contributed by atoms with E-state index in [0.29, 0.717) is 5.82 Å². The predicted molar refractivity (Wildman–Crippen MR) is 77.7 cm³/mol. The Balaban J connectivity index is 2.48. The summed E-state index contributed by atoms with van der Waals surface area (Å²) in [7, 11) is 0. The highest BCUT2D eigenvalue weighted by molar-refractivity contribution is 5.28. The Bertz CT molecular complexity index is 602. The summed E-state index contributed by atoms with van der Waals surface area (Å²) in [6.07, 6.45) is 5.52. The topological polar surface area (TPSA) is 34.9 Å². The zero-order valence-electron chi connectivity index (χ0n) is 11.1. The van der Waals surface area contributed by atoms with Gasteiger partial charge in [-0.1, -0.05) is 25.1 Å². The Kier molecular flexibility index (Phi) is 4.29. The normalized spacial score (nSPS) is 12.1. The molecule has 3 nitrogen and oxygen atoms in total. The number of aromatic nitrogens is 2. The van der Waals surface area contributed by atoms with Crippen LogP contribution >= 0.6 is 0 Å². The van der Waals surface area contributed by atoms with Crippen molar-refractivity contribution in [1.29, 1.82) is 0 Å². The van der Waals surface area contributed by atoms with Crippen LogP contribution in [0.4, 0.5) is 0 Å². The second-order valence-electron chi connectivity index (χ2n) is 4.58. The Morgan fingerprint density at radius 3 is 2.84 bits per heavy atom. The maximum absolute atomic E-state index is 12.1. The van der Waals surface area contributed by atoms with E-state index in [2.05, 4.69) is 18.5 Å². The number of hydrogen-bond donors (Lipinski definition) is 0. The molecule has 2 aromatic heterocycles. The van der Waals surface area contributed by atoms with Crippen molar-refractivity contribution >= 4 is 0 Å². The molecule has 2 aromatic rings. The van der Waals surface area contributed by atoms with Gasteiger partial charge in [0.05, 0.1) is 0 Å². The quantitative estimate of drug-likeness (QED) is 0.767. The lowest BCUT2D eigenvalue weighted by molar-refractivity contribution is 0.641. The van der Waals surface area contributed by atoms with E-state index in [9.17, 15) is 4.79 Å². The van der Waals surface area contributed by atoms with E-state index in [1.807, 2.05) is 36.4 Å². The van der Waals surface area contributed by atoms with E-state index in [0.717, 1.165) is 18.5 Å². The molecule has 98 valence electrons. The molecule has 0 fully saturated rings. The lowest BCUT2D eigenvalue weighted by atomic mass is 10.0. The van der Waals surface area contributed by atoms with Gasteiger partial charge in [-0.25, -0.2) is 4.98 Å². The van der Waals surface area contributed by atoms with Crippen molar-refractivity contribution in [2.45, 2.75) is 25.7 Å². The van der Waals surface area contributed by atoms with Gasteiger partial charge >= 0.3 is 0 Å². The Hall–Kier alpha value is -2.16. The molecule has 1 atom stereocenters. The monoisotopic (exact) mass is 254 g/mol. The fourth-order valence-electron chi connectivity index (χ4n) is 2.14. The summed E-state index contributed by atoms with van der Waals surface area (Å²) in [6, 6.07) is 11.0. The number of nitrogens with zero attached hydrogens (tertiary/aromatic N) is 2. The largest absolute Gasteiger partial charge is 0.269 e. The minimum absolute atomic E-state index is 0.0401. The average Bonchev–Trinajstić information content (AvgIpc) is 2.45. The van der Waals surface area contributed by atoms with Crippen LogP contribution in [-0.2, 0) is 0 Å². The third kappa shape index (κ3) is 2.99. The zero-order chi connectivity index (χ0) is 13.7. The summed E-state index contributed by atoms with van der Waals surface area (Å²) in [5, 5.41) is 0. The maximum Gasteiger partial charge on any atom is 0.256 e. The molecule has 0 aliphatic heterocycles. The smallest absolute Gasteiger partial charge is 0.256 e. The molecule has 19 heavy (non-hydrogen) atoms. The summed E-state index contributed by atoms with van der Waals surface area (Å²) >= 11 is 0. The SMILES string of the molecule is C=CCCC(C)c1cccc(=O)n1-c1ccccn1. The Morgan fingerprint density at radius 1 is 1.32 bits per heavy atom. The van der Waals surface area contributed by atoms with Crippen molar-refractivity contribution in [3.63, 3.8) is 0 Å². The van der Waals surface area contributed by atoms with Crippen molar-refractivity contribution in [3.8, 4) is 5.82 Å². The van der Waals surface area contributed by atoms with Crippen LogP contribution in [0.2, 0.25) is 0 Å². The number of rotatable bonds is 5. The standard InChI is InChI=1S/C16H18N2O/c1-3-4-8-13(2)14-9-7-11-16(19)18(14)15-10-5-6-12-17-15/h3,5-7,9-13H,1,4,8H2,2H3. The van der Waals surface area contributed by atoms with Crippen molar-refractivity contribution in [2.75, 3.05) is 0 Å². The predicted octanol–water partition coefficient (Wildman–Crippen LogP) is 3.30. The molecule has 0 N–H and O–H groups in total. The lowest BCUT2D eigenvalue weighted by Gasteiger charge is -2.17. The number of hydrogen-bond acceptors (Lipinski definition) is 2. The summed E-state index contributed by atoms with van der Waals surface area (Å²) < 4.78 is 1.69. The first-order valence-corrected chi connectivity index (χ1v) is 6.48. The van der Waals surface area contributed by atoms with Gasteiger partial charge in [0, 0.05) is 18.0 Å². The molecule has 0 radical (unpaired) electrons. The summed E-state index contributed by atoms with van der Waals surface area (Å²) in [6.45, 7) is 5.87. The van der Waals surface area contributed by atoms with Gasteiger partial charge in [-0.05, 0) is 37.0 Å². The lowest BCUT2D eigenvalue weighted by Crippen LogP contribution is -2.22. The zero-order valence-corrected chi connectivity index (χ0v) is 11.1. The molecule has 3 heteroatoms. The van der Waals surface area contributed by atoms with E-state index < -0.39 is 0 Å². The molecule has 0 aliphatic rings. The highest BCUT2D eigenvalue weighted by Gasteiger charge is 2.12. The van der Waals surface area contributed by atoms with Crippen LogP contribution in [-0.4, -0.2) is 9.55 Å². The molecular formula is C16H18N2O. The molecule has 0 spiro atoms. The second kappa shape index (κ2) is 6.14. The average molecular weight is 254 g/mol. The summed E-state index contributed by atoms with van der Waals surface area (Å²) in [5.74, 6) is 0.961. The van der Waals surface area contributed by atoms with Crippen LogP contribution in [0.15, 0.2) is 60.0 Å². The molecule has 2 heterocycles. The fraction of sp³-hybridized carbons (Fsp3) is 0.250. The van der Waals surface area contributed by atoms with Crippen LogP contribution in [0.25, 0.3) is 5.82 Å². The van der Waals surface area contributed by atoms with Gasteiger partial charge in [0.15, 0.2) is 0 Å². The van der Waals surface area contributed by atoms with Crippen LogP contribution in [0, 0.1) is 0 Å². The Morgan fingerprint density at radius 2 is 2.16 bits per heavy atom.